The Kier molecular flexibility index (Phi) is 5.09. The van der Waals surface area contributed by atoms with E-state index in [0.717, 1.165) is 16.7 Å². The van der Waals surface area contributed by atoms with Crippen LogP contribution in [-0.2, 0) is 0 Å². The number of nitrogen functional groups attached to an aromatic ring is 1. The molecule has 29 heavy (non-hydrogen) atoms. The van der Waals surface area contributed by atoms with Crippen LogP contribution in [0.4, 0.5) is 24.7 Å². The molecule has 3 N–H and O–H groups in total. The SMILES string of the molecule is Cc1ccncc1-c1cc(N)c2cnc(NC(C(F)(F)F)C(C)(C)C#N)cc2c1. The van der Waals surface area contributed by atoms with Crippen LogP contribution in [0.15, 0.2) is 42.9 Å². The van der Waals surface area contributed by atoms with Crippen molar-refractivity contribution in [2.45, 2.75) is 33.0 Å². The number of nitrogens with two attached hydrogens (primary N) is 1. The summed E-state index contributed by atoms with van der Waals surface area (Å²) in [5.41, 5.74) is 7.62. The van der Waals surface area contributed by atoms with Gasteiger partial charge in [0, 0.05) is 35.2 Å². The normalized spacial score (nSPS) is 13.1. The van der Waals surface area contributed by atoms with E-state index in [1.54, 1.807) is 24.5 Å². The second kappa shape index (κ2) is 7.24. The summed E-state index contributed by atoms with van der Waals surface area (Å²) in [7, 11) is 0. The van der Waals surface area contributed by atoms with Crippen molar-refractivity contribution in [2.75, 3.05) is 11.1 Å². The minimum atomic E-state index is -4.62. The van der Waals surface area contributed by atoms with Gasteiger partial charge in [-0.25, -0.2) is 4.98 Å². The number of nitrogens with zero attached hydrogens (tertiary/aromatic N) is 3. The number of hydrogen-bond acceptors (Lipinski definition) is 5. The average Bonchev–Trinajstić information content (AvgIpc) is 2.65. The smallest absolute Gasteiger partial charge is 0.398 e. The molecule has 1 aromatic carbocycles. The first kappa shape index (κ1) is 20.4. The lowest BCUT2D eigenvalue weighted by atomic mass is 9.85. The van der Waals surface area contributed by atoms with Crippen molar-refractivity contribution in [1.82, 2.24) is 9.97 Å². The molecule has 0 spiro atoms. The lowest BCUT2D eigenvalue weighted by Crippen LogP contribution is -2.47. The number of aryl methyl sites for hydroxylation is 1. The van der Waals surface area contributed by atoms with Gasteiger partial charge in [0.2, 0.25) is 0 Å². The van der Waals surface area contributed by atoms with Crippen molar-refractivity contribution in [3.05, 3.63) is 48.4 Å². The van der Waals surface area contributed by atoms with E-state index in [1.165, 1.54) is 26.1 Å². The summed E-state index contributed by atoms with van der Waals surface area (Å²) in [4.78, 5) is 8.21. The van der Waals surface area contributed by atoms with Gasteiger partial charge in [0.05, 0.1) is 11.5 Å². The number of halogens is 3. The number of aromatic nitrogens is 2. The minimum absolute atomic E-state index is 0.0163. The van der Waals surface area contributed by atoms with Crippen molar-refractivity contribution in [1.29, 1.82) is 5.26 Å². The van der Waals surface area contributed by atoms with E-state index in [-0.39, 0.29) is 5.82 Å². The molecule has 1 unspecified atom stereocenters. The highest BCUT2D eigenvalue weighted by Gasteiger charge is 2.49. The fraction of sp³-hybridized carbons (Fsp3) is 0.286. The number of benzene rings is 1. The van der Waals surface area contributed by atoms with E-state index in [9.17, 15) is 13.2 Å². The Labute approximate surface area is 166 Å². The van der Waals surface area contributed by atoms with Gasteiger partial charge in [0.25, 0.3) is 0 Å². The third kappa shape index (κ3) is 4.09. The molecule has 150 valence electrons. The zero-order chi connectivity index (χ0) is 21.4. The maximum Gasteiger partial charge on any atom is 0.410 e. The van der Waals surface area contributed by atoms with E-state index < -0.39 is 17.6 Å². The highest BCUT2D eigenvalue weighted by Crippen LogP contribution is 2.36. The van der Waals surface area contributed by atoms with Gasteiger partial charge < -0.3 is 11.1 Å². The van der Waals surface area contributed by atoms with Gasteiger partial charge in [0.1, 0.15) is 11.9 Å². The van der Waals surface area contributed by atoms with Crippen molar-refractivity contribution in [2.24, 2.45) is 5.41 Å². The van der Waals surface area contributed by atoms with Crippen LogP contribution in [-0.4, -0.2) is 22.2 Å². The number of rotatable bonds is 4. The molecule has 0 fully saturated rings. The number of nitrogens with one attached hydrogen (secondary N) is 1. The molecule has 0 amide bonds. The standard InChI is InChI=1S/C21H20F3N5/c1-12-4-5-27-9-15(12)13-6-14-8-18(28-10-16(14)17(26)7-13)29-19(21(22,23)24)20(2,3)11-25/h4-10,19H,26H2,1-3H3,(H,28,29). The first-order valence-electron chi connectivity index (χ1n) is 8.87. The first-order chi connectivity index (χ1) is 13.5. The van der Waals surface area contributed by atoms with Crippen LogP contribution in [0.3, 0.4) is 0 Å². The number of hydrogen-bond donors (Lipinski definition) is 2. The third-order valence-electron chi connectivity index (χ3n) is 4.85. The number of anilines is 2. The Balaban J connectivity index is 2.07. The molecule has 5 nitrogen and oxygen atoms in total. The zero-order valence-electron chi connectivity index (χ0n) is 16.2. The van der Waals surface area contributed by atoms with Gasteiger partial charge in [-0.1, -0.05) is 0 Å². The molecule has 3 rings (SSSR count). The van der Waals surface area contributed by atoms with Crippen LogP contribution in [0, 0.1) is 23.7 Å². The predicted octanol–water partition coefficient (Wildman–Crippen LogP) is 5.08. The maximum absolute atomic E-state index is 13.5. The third-order valence-corrected chi connectivity index (χ3v) is 4.85. The Morgan fingerprint density at radius 3 is 2.52 bits per heavy atom. The van der Waals surface area contributed by atoms with Crippen LogP contribution in [0.5, 0.6) is 0 Å². The monoisotopic (exact) mass is 399 g/mol. The number of pyridine rings is 2. The Bertz CT molecular complexity index is 1100. The van der Waals surface area contributed by atoms with E-state index in [4.69, 9.17) is 11.0 Å². The summed E-state index contributed by atoms with van der Waals surface area (Å²) < 4.78 is 40.6. The molecule has 0 aliphatic rings. The van der Waals surface area contributed by atoms with Gasteiger partial charge in [-0.15, -0.1) is 0 Å². The Hall–Kier alpha value is -3.34. The Morgan fingerprint density at radius 2 is 1.90 bits per heavy atom. The van der Waals surface area contributed by atoms with E-state index in [1.807, 2.05) is 19.1 Å². The maximum atomic E-state index is 13.5. The van der Waals surface area contributed by atoms with Gasteiger partial charge in [-0.05, 0) is 61.5 Å². The molecule has 0 bridgehead atoms. The second-order valence-corrected chi connectivity index (χ2v) is 7.50. The molecule has 2 aromatic heterocycles. The topological polar surface area (TPSA) is 87.6 Å². The molecule has 3 aromatic rings. The quantitative estimate of drug-likeness (QED) is 0.598. The number of fused-ring (bicyclic) bond motifs is 1. The summed E-state index contributed by atoms with van der Waals surface area (Å²) in [6, 6.07) is 6.64. The molecule has 8 heteroatoms. The van der Waals surface area contributed by atoms with Gasteiger partial charge >= 0.3 is 6.18 Å². The lowest BCUT2D eigenvalue weighted by Gasteiger charge is -2.31. The van der Waals surface area contributed by atoms with E-state index in [2.05, 4.69) is 15.3 Å². The van der Waals surface area contributed by atoms with Crippen molar-refractivity contribution < 1.29 is 13.2 Å². The molecular formula is C21H20F3N5. The lowest BCUT2D eigenvalue weighted by molar-refractivity contribution is -0.157. The average molecular weight is 399 g/mol. The van der Waals surface area contributed by atoms with Crippen LogP contribution < -0.4 is 11.1 Å². The fourth-order valence-corrected chi connectivity index (χ4v) is 3.17. The highest BCUT2D eigenvalue weighted by atomic mass is 19.4. The molecule has 0 aliphatic carbocycles. The first-order valence-corrected chi connectivity index (χ1v) is 8.87. The molecule has 2 heterocycles. The molecule has 1 atom stereocenters. The van der Waals surface area contributed by atoms with Gasteiger partial charge in [-0.3, -0.25) is 4.98 Å². The zero-order valence-corrected chi connectivity index (χ0v) is 16.2. The van der Waals surface area contributed by atoms with Crippen molar-refractivity contribution in [3.8, 4) is 17.2 Å². The molecule has 0 aliphatic heterocycles. The van der Waals surface area contributed by atoms with E-state index in [0.29, 0.717) is 16.5 Å². The molecular weight excluding hydrogens is 379 g/mol. The molecule has 0 radical (unpaired) electrons. The molecule has 0 saturated heterocycles. The fourth-order valence-electron chi connectivity index (χ4n) is 3.17. The number of nitriles is 1. The molecule has 0 saturated carbocycles. The summed E-state index contributed by atoms with van der Waals surface area (Å²) in [6.45, 7) is 4.41. The van der Waals surface area contributed by atoms with Gasteiger partial charge in [-0.2, -0.15) is 18.4 Å². The Morgan fingerprint density at radius 1 is 1.17 bits per heavy atom. The summed E-state index contributed by atoms with van der Waals surface area (Å²) in [6.07, 6.45) is 0.206. The van der Waals surface area contributed by atoms with Gasteiger partial charge in [0.15, 0.2) is 0 Å². The minimum Gasteiger partial charge on any atom is -0.398 e. The summed E-state index contributed by atoms with van der Waals surface area (Å²) in [5.74, 6) is 0.0163. The van der Waals surface area contributed by atoms with Crippen molar-refractivity contribution in [3.63, 3.8) is 0 Å². The largest absolute Gasteiger partial charge is 0.410 e. The van der Waals surface area contributed by atoms with Crippen LogP contribution in [0.25, 0.3) is 21.9 Å². The second-order valence-electron chi connectivity index (χ2n) is 7.50. The number of alkyl halides is 3. The predicted molar refractivity (Wildman–Crippen MR) is 107 cm³/mol. The van der Waals surface area contributed by atoms with Crippen molar-refractivity contribution >= 4 is 22.3 Å². The van der Waals surface area contributed by atoms with Crippen LogP contribution in [0.2, 0.25) is 0 Å². The van der Waals surface area contributed by atoms with Crippen LogP contribution in [0.1, 0.15) is 19.4 Å². The van der Waals surface area contributed by atoms with Crippen LogP contribution >= 0.6 is 0 Å². The van der Waals surface area contributed by atoms with E-state index >= 15 is 0 Å². The summed E-state index contributed by atoms with van der Waals surface area (Å²) >= 11 is 0. The highest BCUT2D eigenvalue weighted by molar-refractivity contribution is 5.97. The summed E-state index contributed by atoms with van der Waals surface area (Å²) in [5, 5.41) is 12.8.